The second kappa shape index (κ2) is 14.2. The maximum atomic E-state index is 11.8. The second-order valence-corrected chi connectivity index (χ2v) is 12.1. The van der Waals surface area contributed by atoms with E-state index in [0.717, 1.165) is 47.5 Å². The van der Waals surface area contributed by atoms with Crippen LogP contribution in [0.1, 0.15) is 66.9 Å². The van der Waals surface area contributed by atoms with Crippen molar-refractivity contribution in [1.29, 1.82) is 0 Å². The highest BCUT2D eigenvalue weighted by atomic mass is 35.5. The molecule has 4 atom stereocenters. The average Bonchev–Trinajstić information content (AvgIpc) is 3.03. The number of carbonyl (C=O) groups excluding carboxylic acids is 1. The first kappa shape index (κ1) is 31.4. The topological polar surface area (TPSA) is 103 Å². The number of hydrogen-bond acceptors (Lipinski definition) is 6. The van der Waals surface area contributed by atoms with Gasteiger partial charge < -0.3 is 35.2 Å². The minimum Gasteiger partial charge on any atom is -0.392 e. The summed E-state index contributed by atoms with van der Waals surface area (Å²) in [5.74, 6) is 0.0638. The van der Waals surface area contributed by atoms with Crippen molar-refractivity contribution in [3.05, 3.63) is 106 Å². The fraction of sp³-hybridized carbons (Fsp3) is 0.441. The first-order valence-electron chi connectivity index (χ1n) is 15.1. The molecule has 4 N–H and O–H groups in total. The number of hydrogen-bond donors (Lipinski definition) is 4. The van der Waals surface area contributed by atoms with Crippen molar-refractivity contribution < 1.29 is 24.5 Å². The Hall–Kier alpha value is -2.98. The third-order valence-corrected chi connectivity index (χ3v) is 8.92. The number of halogens is 1. The lowest BCUT2D eigenvalue weighted by Gasteiger charge is -2.45. The van der Waals surface area contributed by atoms with Crippen LogP contribution in [-0.4, -0.2) is 53.4 Å². The number of urea groups is 1. The Balaban J connectivity index is 1.29. The molecule has 0 saturated carbocycles. The van der Waals surface area contributed by atoms with Gasteiger partial charge in [0, 0.05) is 49.2 Å². The smallest absolute Gasteiger partial charge is 0.315 e. The number of amides is 2. The lowest BCUT2D eigenvalue weighted by molar-refractivity contribution is -0.277. The van der Waals surface area contributed by atoms with Crippen LogP contribution in [0.2, 0.25) is 5.02 Å². The van der Waals surface area contributed by atoms with Crippen LogP contribution < -0.4 is 10.6 Å². The van der Waals surface area contributed by atoms with Crippen molar-refractivity contribution in [1.82, 2.24) is 15.5 Å². The maximum Gasteiger partial charge on any atom is 0.315 e. The van der Waals surface area contributed by atoms with Crippen molar-refractivity contribution in [3.63, 3.8) is 0 Å². The molecule has 0 aliphatic carbocycles. The molecular formula is C34H42ClN3O5. The van der Waals surface area contributed by atoms with Crippen LogP contribution in [-0.2, 0) is 28.2 Å². The maximum absolute atomic E-state index is 11.8. The average molecular weight is 608 g/mol. The van der Waals surface area contributed by atoms with Crippen LogP contribution in [0.5, 0.6) is 0 Å². The monoisotopic (exact) mass is 607 g/mol. The number of aliphatic hydroxyl groups is 2. The fourth-order valence-corrected chi connectivity index (χ4v) is 6.06. The molecule has 8 nitrogen and oxygen atoms in total. The Bertz CT molecular complexity index is 1330. The number of rotatable bonds is 9. The lowest BCUT2D eigenvalue weighted by atomic mass is 9.84. The standard InChI is InChI=1S/C34H42ClN3O5/c1-3-36-33(40)37-20-24-4-10-27(11-5-24)32-42-30(23(2)31(43-32)26-8-6-25(22-39)7-9-26)21-38-18-16-34(41,17-19-38)28-12-14-29(35)15-13-28/h4-15,23,30-32,39,41H,3,16-22H2,1-2H3,(H2,36,37,40)/t23-,30+,31+,32+/m0/s1. The summed E-state index contributed by atoms with van der Waals surface area (Å²) in [6.07, 6.45) is 0.388. The minimum absolute atomic E-state index is 0.00560. The SMILES string of the molecule is CCNC(=O)NCc1ccc([C@@H]2O[C@H](CN3CCC(O)(c4ccc(Cl)cc4)CC3)[C@H](C)[C@H](c3ccc(CO)cc3)O2)cc1. The van der Waals surface area contributed by atoms with Crippen molar-refractivity contribution in [2.75, 3.05) is 26.2 Å². The molecule has 0 unspecified atom stereocenters. The number of nitrogens with zero attached hydrogens (tertiary/aromatic N) is 1. The molecule has 2 fully saturated rings. The third kappa shape index (κ3) is 7.76. The molecule has 2 heterocycles. The molecule has 43 heavy (non-hydrogen) atoms. The van der Waals surface area contributed by atoms with Gasteiger partial charge in [0.2, 0.25) is 0 Å². The van der Waals surface area contributed by atoms with Crippen LogP contribution in [0.4, 0.5) is 4.79 Å². The molecule has 0 spiro atoms. The van der Waals surface area contributed by atoms with Gasteiger partial charge >= 0.3 is 6.03 Å². The van der Waals surface area contributed by atoms with Crippen molar-refractivity contribution in [2.45, 2.75) is 63.9 Å². The lowest BCUT2D eigenvalue weighted by Crippen LogP contribution is -2.49. The number of likely N-dealkylation sites (tertiary alicyclic amines) is 1. The van der Waals surface area contributed by atoms with Crippen LogP contribution in [0.25, 0.3) is 0 Å². The molecule has 0 aromatic heterocycles. The van der Waals surface area contributed by atoms with Gasteiger partial charge in [-0.25, -0.2) is 4.79 Å². The Labute approximate surface area is 259 Å². The summed E-state index contributed by atoms with van der Waals surface area (Å²) >= 11 is 6.07. The number of nitrogens with one attached hydrogen (secondary N) is 2. The molecular weight excluding hydrogens is 566 g/mol. The van der Waals surface area contributed by atoms with E-state index >= 15 is 0 Å². The van der Waals surface area contributed by atoms with Crippen molar-refractivity contribution in [2.24, 2.45) is 5.92 Å². The van der Waals surface area contributed by atoms with E-state index in [4.69, 9.17) is 21.1 Å². The Morgan fingerprint density at radius 3 is 2.19 bits per heavy atom. The molecule has 2 aliphatic heterocycles. The molecule has 2 amide bonds. The Morgan fingerprint density at radius 1 is 0.930 bits per heavy atom. The van der Waals surface area contributed by atoms with Gasteiger partial charge in [-0.05, 0) is 54.2 Å². The van der Waals surface area contributed by atoms with Crippen molar-refractivity contribution >= 4 is 17.6 Å². The normalized spacial score (nSPS) is 23.9. The molecule has 5 rings (SSSR count). The summed E-state index contributed by atoms with van der Waals surface area (Å²) in [6.45, 7) is 7.26. The van der Waals surface area contributed by atoms with E-state index in [-0.39, 0.29) is 30.8 Å². The van der Waals surface area contributed by atoms with Crippen LogP contribution in [0.3, 0.4) is 0 Å². The molecule has 3 aromatic rings. The van der Waals surface area contributed by atoms with Gasteiger partial charge in [-0.3, -0.25) is 0 Å². The molecule has 0 radical (unpaired) electrons. The number of ether oxygens (including phenoxy) is 2. The Kier molecular flexibility index (Phi) is 10.4. The van der Waals surface area contributed by atoms with Crippen molar-refractivity contribution in [3.8, 4) is 0 Å². The van der Waals surface area contributed by atoms with E-state index in [1.165, 1.54) is 0 Å². The Morgan fingerprint density at radius 2 is 1.56 bits per heavy atom. The summed E-state index contributed by atoms with van der Waals surface area (Å²) in [6, 6.07) is 23.2. The van der Waals surface area contributed by atoms with Gasteiger partial charge in [0.1, 0.15) is 0 Å². The van der Waals surface area contributed by atoms with Gasteiger partial charge in [0.05, 0.1) is 24.4 Å². The number of carbonyl (C=O) groups is 1. The number of benzene rings is 3. The van der Waals surface area contributed by atoms with E-state index in [0.29, 0.717) is 31.0 Å². The highest BCUT2D eigenvalue weighted by Gasteiger charge is 2.41. The highest BCUT2D eigenvalue weighted by molar-refractivity contribution is 6.30. The fourth-order valence-electron chi connectivity index (χ4n) is 5.93. The summed E-state index contributed by atoms with van der Waals surface area (Å²) in [7, 11) is 0. The molecule has 3 aromatic carbocycles. The molecule has 230 valence electrons. The summed E-state index contributed by atoms with van der Waals surface area (Å²) < 4.78 is 13.2. The van der Waals surface area contributed by atoms with Crippen LogP contribution in [0.15, 0.2) is 72.8 Å². The van der Waals surface area contributed by atoms with Crippen LogP contribution >= 0.6 is 11.6 Å². The first-order chi connectivity index (χ1) is 20.8. The largest absolute Gasteiger partial charge is 0.392 e. The van der Waals surface area contributed by atoms with Gasteiger partial charge in [-0.15, -0.1) is 0 Å². The molecule has 2 aliphatic rings. The summed E-state index contributed by atoms with van der Waals surface area (Å²) in [5.41, 5.74) is 3.83. The van der Waals surface area contributed by atoms with Gasteiger partial charge in [-0.1, -0.05) is 79.2 Å². The van der Waals surface area contributed by atoms with E-state index in [2.05, 4.69) is 22.5 Å². The number of piperidine rings is 1. The predicted molar refractivity (Wildman–Crippen MR) is 166 cm³/mol. The molecule has 9 heteroatoms. The quantitative estimate of drug-likeness (QED) is 0.259. The highest BCUT2D eigenvalue weighted by Crippen LogP contribution is 2.42. The van der Waals surface area contributed by atoms with Gasteiger partial charge in [0.15, 0.2) is 6.29 Å². The van der Waals surface area contributed by atoms with Gasteiger partial charge in [-0.2, -0.15) is 0 Å². The third-order valence-electron chi connectivity index (χ3n) is 8.67. The second-order valence-electron chi connectivity index (χ2n) is 11.6. The summed E-state index contributed by atoms with van der Waals surface area (Å²) in [4.78, 5) is 14.2. The van der Waals surface area contributed by atoms with Crippen LogP contribution in [0, 0.1) is 5.92 Å². The number of aliphatic hydroxyl groups excluding tert-OH is 1. The van der Waals surface area contributed by atoms with E-state index < -0.39 is 11.9 Å². The minimum atomic E-state index is -0.865. The van der Waals surface area contributed by atoms with E-state index in [1.54, 1.807) is 0 Å². The van der Waals surface area contributed by atoms with Gasteiger partial charge in [0.25, 0.3) is 0 Å². The molecule has 2 saturated heterocycles. The predicted octanol–water partition coefficient (Wildman–Crippen LogP) is 5.43. The van der Waals surface area contributed by atoms with E-state index in [1.807, 2.05) is 79.7 Å². The summed E-state index contributed by atoms with van der Waals surface area (Å²) in [5, 5.41) is 27.2. The van der Waals surface area contributed by atoms with E-state index in [9.17, 15) is 15.0 Å². The zero-order valence-electron chi connectivity index (χ0n) is 24.8. The zero-order chi connectivity index (χ0) is 30.4. The zero-order valence-corrected chi connectivity index (χ0v) is 25.6. The molecule has 0 bridgehead atoms. The first-order valence-corrected chi connectivity index (χ1v) is 15.5.